The molecule has 2 aromatic rings. The molecule has 0 saturated carbocycles. The minimum absolute atomic E-state index is 0.0485. The topological polar surface area (TPSA) is 54.3 Å². The van der Waals surface area contributed by atoms with Crippen LogP contribution in [0.25, 0.3) is 0 Å². The van der Waals surface area contributed by atoms with Crippen LogP contribution in [0, 0.1) is 0 Å². The summed E-state index contributed by atoms with van der Waals surface area (Å²) >= 11 is 6.33. The molecule has 1 aromatic carbocycles. The SMILES string of the molecule is CC(=O)c1cc(C(=O)N2CCNCC2c2ccccc2Cl)n(C)c1. The maximum absolute atomic E-state index is 13.1. The van der Waals surface area contributed by atoms with Crippen LogP contribution in [0.5, 0.6) is 0 Å². The Hall–Kier alpha value is -2.11. The maximum atomic E-state index is 13.1. The van der Waals surface area contributed by atoms with E-state index in [2.05, 4.69) is 5.32 Å². The molecular weight excluding hydrogens is 326 g/mol. The maximum Gasteiger partial charge on any atom is 0.271 e. The van der Waals surface area contributed by atoms with Crippen molar-refractivity contribution in [2.75, 3.05) is 19.6 Å². The Morgan fingerprint density at radius 3 is 2.71 bits per heavy atom. The monoisotopic (exact) mass is 345 g/mol. The first-order chi connectivity index (χ1) is 11.5. The Kier molecular flexibility index (Phi) is 4.73. The molecule has 24 heavy (non-hydrogen) atoms. The number of nitrogens with one attached hydrogen (secondary N) is 1. The summed E-state index contributed by atoms with van der Waals surface area (Å²) in [7, 11) is 1.78. The molecule has 1 aliphatic heterocycles. The Labute approximate surface area is 146 Å². The largest absolute Gasteiger partial charge is 0.346 e. The fraction of sp³-hybridized carbons (Fsp3) is 0.333. The van der Waals surface area contributed by atoms with Crippen molar-refractivity contribution in [2.45, 2.75) is 13.0 Å². The van der Waals surface area contributed by atoms with E-state index in [0.29, 0.717) is 29.4 Å². The Morgan fingerprint density at radius 2 is 2.04 bits per heavy atom. The van der Waals surface area contributed by atoms with Gasteiger partial charge in [0.05, 0.1) is 6.04 Å². The first-order valence-corrected chi connectivity index (χ1v) is 8.30. The number of aromatic nitrogens is 1. The van der Waals surface area contributed by atoms with E-state index in [1.165, 1.54) is 6.92 Å². The van der Waals surface area contributed by atoms with Crippen LogP contribution in [-0.2, 0) is 7.05 Å². The zero-order chi connectivity index (χ0) is 17.3. The second-order valence-electron chi connectivity index (χ2n) is 6.02. The number of benzene rings is 1. The van der Waals surface area contributed by atoms with Gasteiger partial charge < -0.3 is 14.8 Å². The van der Waals surface area contributed by atoms with Crippen LogP contribution in [0.1, 0.15) is 39.4 Å². The van der Waals surface area contributed by atoms with Gasteiger partial charge in [-0.25, -0.2) is 0 Å². The van der Waals surface area contributed by atoms with E-state index in [1.54, 1.807) is 23.9 Å². The van der Waals surface area contributed by atoms with Crippen molar-refractivity contribution in [1.29, 1.82) is 0 Å². The van der Waals surface area contributed by atoms with Crippen molar-refractivity contribution in [3.63, 3.8) is 0 Å². The minimum atomic E-state index is -0.129. The normalized spacial score (nSPS) is 17.8. The fourth-order valence-electron chi connectivity index (χ4n) is 3.09. The van der Waals surface area contributed by atoms with E-state index >= 15 is 0 Å². The van der Waals surface area contributed by atoms with E-state index in [-0.39, 0.29) is 17.7 Å². The quantitative estimate of drug-likeness (QED) is 0.870. The average molecular weight is 346 g/mol. The number of carbonyl (C=O) groups is 2. The summed E-state index contributed by atoms with van der Waals surface area (Å²) in [6.45, 7) is 3.48. The van der Waals surface area contributed by atoms with Gasteiger partial charge in [0.15, 0.2) is 5.78 Å². The molecule has 0 spiro atoms. The highest BCUT2D eigenvalue weighted by molar-refractivity contribution is 6.31. The third kappa shape index (κ3) is 3.09. The zero-order valence-electron chi connectivity index (χ0n) is 13.8. The van der Waals surface area contributed by atoms with E-state index in [0.717, 1.165) is 12.1 Å². The number of amides is 1. The molecule has 1 atom stereocenters. The Morgan fingerprint density at radius 1 is 1.29 bits per heavy atom. The van der Waals surface area contributed by atoms with Gasteiger partial charge >= 0.3 is 0 Å². The Balaban J connectivity index is 1.95. The molecule has 1 fully saturated rings. The molecule has 0 radical (unpaired) electrons. The smallest absolute Gasteiger partial charge is 0.271 e. The summed E-state index contributed by atoms with van der Waals surface area (Å²) < 4.78 is 1.71. The van der Waals surface area contributed by atoms with E-state index in [1.807, 2.05) is 29.2 Å². The number of hydrogen-bond donors (Lipinski definition) is 1. The molecule has 2 heterocycles. The van der Waals surface area contributed by atoms with Crippen molar-refractivity contribution in [3.05, 3.63) is 58.4 Å². The number of aryl methyl sites for hydroxylation is 1. The fourth-order valence-corrected chi connectivity index (χ4v) is 3.35. The van der Waals surface area contributed by atoms with Gasteiger partial charge in [0, 0.05) is 43.5 Å². The molecule has 126 valence electrons. The molecule has 1 aliphatic rings. The van der Waals surface area contributed by atoms with Gasteiger partial charge in [-0.1, -0.05) is 29.8 Å². The summed E-state index contributed by atoms with van der Waals surface area (Å²) in [5.41, 5.74) is 1.99. The van der Waals surface area contributed by atoms with Gasteiger partial charge in [-0.05, 0) is 24.6 Å². The summed E-state index contributed by atoms with van der Waals surface area (Å²) in [6.07, 6.45) is 1.70. The average Bonchev–Trinajstić information content (AvgIpc) is 2.97. The summed E-state index contributed by atoms with van der Waals surface area (Å²) in [6, 6.07) is 9.13. The van der Waals surface area contributed by atoms with Crippen LogP contribution in [0.2, 0.25) is 5.02 Å². The van der Waals surface area contributed by atoms with Gasteiger partial charge in [0.25, 0.3) is 5.91 Å². The highest BCUT2D eigenvalue weighted by Crippen LogP contribution is 2.29. The molecule has 1 N–H and O–H groups in total. The number of nitrogens with zero attached hydrogens (tertiary/aromatic N) is 2. The molecule has 3 rings (SSSR count). The standard InChI is InChI=1S/C18H20ClN3O2/c1-12(23)13-9-16(21(2)11-13)18(24)22-8-7-20-10-17(22)14-5-3-4-6-15(14)19/h3-6,9,11,17,20H,7-8,10H2,1-2H3. The summed E-state index contributed by atoms with van der Waals surface area (Å²) in [5.74, 6) is -0.135. The molecule has 5 nitrogen and oxygen atoms in total. The first kappa shape index (κ1) is 16.7. The van der Waals surface area contributed by atoms with E-state index in [4.69, 9.17) is 11.6 Å². The van der Waals surface area contributed by atoms with Gasteiger partial charge in [0.1, 0.15) is 5.69 Å². The zero-order valence-corrected chi connectivity index (χ0v) is 14.5. The van der Waals surface area contributed by atoms with Gasteiger partial charge in [-0.2, -0.15) is 0 Å². The van der Waals surface area contributed by atoms with Gasteiger partial charge in [-0.15, -0.1) is 0 Å². The lowest BCUT2D eigenvalue weighted by atomic mass is 10.0. The van der Waals surface area contributed by atoms with Crippen molar-refractivity contribution in [3.8, 4) is 0 Å². The molecule has 1 saturated heterocycles. The Bertz CT molecular complexity index is 784. The highest BCUT2D eigenvalue weighted by Gasteiger charge is 2.31. The third-order valence-corrected chi connectivity index (χ3v) is 4.74. The van der Waals surface area contributed by atoms with Crippen LogP contribution in [0.15, 0.2) is 36.5 Å². The number of piperazine rings is 1. The van der Waals surface area contributed by atoms with Crippen LogP contribution >= 0.6 is 11.6 Å². The third-order valence-electron chi connectivity index (χ3n) is 4.40. The number of Topliss-reactive ketones (excluding diaryl/α,β-unsaturated/α-hetero) is 1. The lowest BCUT2D eigenvalue weighted by Gasteiger charge is -2.37. The predicted octanol–water partition coefficient (Wildman–Crippen LogP) is 2.67. The molecule has 0 bridgehead atoms. The van der Waals surface area contributed by atoms with Crippen molar-refractivity contribution in [1.82, 2.24) is 14.8 Å². The summed E-state index contributed by atoms with van der Waals surface area (Å²) in [5, 5.41) is 3.97. The molecule has 1 amide bonds. The van der Waals surface area contributed by atoms with E-state index in [9.17, 15) is 9.59 Å². The number of carbonyl (C=O) groups excluding carboxylic acids is 2. The molecule has 0 aliphatic carbocycles. The number of hydrogen-bond acceptors (Lipinski definition) is 3. The van der Waals surface area contributed by atoms with E-state index < -0.39 is 0 Å². The highest BCUT2D eigenvalue weighted by atomic mass is 35.5. The van der Waals surface area contributed by atoms with Gasteiger partial charge in [0.2, 0.25) is 0 Å². The summed E-state index contributed by atoms with van der Waals surface area (Å²) in [4.78, 5) is 26.5. The van der Waals surface area contributed by atoms with Crippen LogP contribution < -0.4 is 5.32 Å². The predicted molar refractivity (Wildman–Crippen MR) is 93.5 cm³/mol. The van der Waals surface area contributed by atoms with Crippen molar-refractivity contribution < 1.29 is 9.59 Å². The minimum Gasteiger partial charge on any atom is -0.346 e. The lowest BCUT2D eigenvalue weighted by molar-refractivity contribution is 0.0624. The number of ketones is 1. The van der Waals surface area contributed by atoms with Crippen LogP contribution in [0.4, 0.5) is 0 Å². The second-order valence-corrected chi connectivity index (χ2v) is 6.43. The molecule has 1 aromatic heterocycles. The van der Waals surface area contributed by atoms with Crippen LogP contribution in [0.3, 0.4) is 0 Å². The van der Waals surface area contributed by atoms with Gasteiger partial charge in [-0.3, -0.25) is 9.59 Å². The number of rotatable bonds is 3. The first-order valence-electron chi connectivity index (χ1n) is 7.92. The molecule has 1 unspecified atom stereocenters. The molecule has 6 heteroatoms. The van der Waals surface area contributed by atoms with Crippen molar-refractivity contribution in [2.24, 2.45) is 7.05 Å². The number of halogens is 1. The lowest BCUT2D eigenvalue weighted by Crippen LogP contribution is -2.49. The second kappa shape index (κ2) is 6.79. The van der Waals surface area contributed by atoms with Crippen molar-refractivity contribution >= 4 is 23.3 Å². The van der Waals surface area contributed by atoms with Crippen LogP contribution in [-0.4, -0.2) is 40.8 Å². The molecular formula is C18H20ClN3O2.